The van der Waals surface area contributed by atoms with Crippen LogP contribution in [0.1, 0.15) is 22.4 Å². The summed E-state index contributed by atoms with van der Waals surface area (Å²) in [4.78, 5) is 18.7. The van der Waals surface area contributed by atoms with Gasteiger partial charge < -0.3 is 15.2 Å². The smallest absolute Gasteiger partial charge is 0.354 e. The lowest BCUT2D eigenvalue weighted by Gasteiger charge is -2.22. The number of carbonyl (C=O) groups is 1. The number of aromatic nitrogens is 2. The lowest BCUT2D eigenvalue weighted by atomic mass is 10.2. The monoisotopic (exact) mass is 281 g/mol. The number of carboxylic acid groups (broad SMARTS) is 1. The fourth-order valence-electron chi connectivity index (χ4n) is 1.39. The van der Waals surface area contributed by atoms with Gasteiger partial charge in [-0.3, -0.25) is 0 Å². The van der Waals surface area contributed by atoms with Gasteiger partial charge in [0.05, 0.1) is 19.3 Å². The van der Waals surface area contributed by atoms with E-state index in [2.05, 4.69) is 15.3 Å². The van der Waals surface area contributed by atoms with E-state index in [1.807, 2.05) is 0 Å². The minimum Gasteiger partial charge on any atom is -0.477 e. The van der Waals surface area contributed by atoms with Crippen molar-refractivity contribution in [1.29, 1.82) is 0 Å². The third kappa shape index (κ3) is 4.08. The first-order valence-electron chi connectivity index (χ1n) is 4.65. The maximum Gasteiger partial charge on any atom is 0.354 e. The average Bonchev–Trinajstić information content (AvgIpc) is 2.30. The first kappa shape index (κ1) is 16.1. The minimum atomic E-state index is -1.05. The van der Waals surface area contributed by atoms with Crippen molar-refractivity contribution in [3.8, 4) is 0 Å². The van der Waals surface area contributed by atoms with Gasteiger partial charge >= 0.3 is 5.97 Å². The van der Waals surface area contributed by atoms with Gasteiger partial charge in [-0.05, 0) is 6.07 Å². The molecule has 2 N–H and O–H groups in total. The summed E-state index contributed by atoms with van der Waals surface area (Å²) in [6, 6.07) is 1.26. The van der Waals surface area contributed by atoms with Gasteiger partial charge in [0.2, 0.25) is 0 Å². The van der Waals surface area contributed by atoms with E-state index >= 15 is 0 Å². The van der Waals surface area contributed by atoms with Crippen LogP contribution >= 0.6 is 24.8 Å². The van der Waals surface area contributed by atoms with Crippen LogP contribution in [0.2, 0.25) is 0 Å². The van der Waals surface area contributed by atoms with Gasteiger partial charge in [-0.2, -0.15) is 0 Å². The summed E-state index contributed by atoms with van der Waals surface area (Å²) in [7, 11) is 0. The van der Waals surface area contributed by atoms with Gasteiger partial charge in [0.1, 0.15) is 5.82 Å². The molecule has 0 aromatic carbocycles. The normalized spacial score (nSPS) is 18.7. The van der Waals surface area contributed by atoms with Gasteiger partial charge in [-0.15, -0.1) is 24.8 Å². The number of hydrogen-bond acceptors (Lipinski definition) is 5. The van der Waals surface area contributed by atoms with Crippen molar-refractivity contribution in [2.75, 3.05) is 19.8 Å². The summed E-state index contributed by atoms with van der Waals surface area (Å²) in [5.74, 6) is -0.579. The Balaban J connectivity index is 0.00000128. The summed E-state index contributed by atoms with van der Waals surface area (Å²) in [5, 5.41) is 11.9. The second-order valence-corrected chi connectivity index (χ2v) is 3.19. The Labute approximate surface area is 111 Å². The number of hydrogen-bond donors (Lipinski definition) is 2. The predicted octanol–water partition coefficient (Wildman–Crippen LogP) is 0.679. The van der Waals surface area contributed by atoms with Crippen molar-refractivity contribution in [2.45, 2.75) is 6.04 Å². The summed E-state index contributed by atoms with van der Waals surface area (Å²) in [5.41, 5.74) is 0.00683. The van der Waals surface area contributed by atoms with Gasteiger partial charge in [0.25, 0.3) is 0 Å². The lowest BCUT2D eigenvalue weighted by molar-refractivity contribution is 0.0678. The van der Waals surface area contributed by atoms with E-state index in [-0.39, 0.29) is 36.5 Å². The van der Waals surface area contributed by atoms with E-state index in [9.17, 15) is 4.79 Å². The number of ether oxygens (including phenoxy) is 1. The quantitative estimate of drug-likeness (QED) is 0.829. The third-order valence-electron chi connectivity index (χ3n) is 2.13. The van der Waals surface area contributed by atoms with Crippen LogP contribution in [0.4, 0.5) is 0 Å². The first-order chi connectivity index (χ1) is 7.27. The Bertz CT molecular complexity index is 372. The maximum atomic E-state index is 10.7. The zero-order valence-corrected chi connectivity index (χ0v) is 10.5. The van der Waals surface area contributed by atoms with Crippen LogP contribution in [-0.2, 0) is 4.74 Å². The Morgan fingerprint density at radius 2 is 2.29 bits per heavy atom. The molecule has 0 spiro atoms. The van der Waals surface area contributed by atoms with Crippen LogP contribution < -0.4 is 5.32 Å². The molecule has 6 nitrogen and oxygen atoms in total. The van der Waals surface area contributed by atoms with Crippen LogP contribution in [0, 0.1) is 0 Å². The van der Waals surface area contributed by atoms with E-state index in [0.29, 0.717) is 19.0 Å². The van der Waals surface area contributed by atoms with Gasteiger partial charge in [-0.1, -0.05) is 0 Å². The second kappa shape index (κ2) is 7.39. The zero-order chi connectivity index (χ0) is 10.7. The molecule has 17 heavy (non-hydrogen) atoms. The fourth-order valence-corrected chi connectivity index (χ4v) is 1.39. The molecule has 1 aliphatic heterocycles. The fraction of sp³-hybridized carbons (Fsp3) is 0.444. The maximum absolute atomic E-state index is 10.7. The van der Waals surface area contributed by atoms with Crippen LogP contribution in [0.25, 0.3) is 0 Å². The van der Waals surface area contributed by atoms with Crippen molar-refractivity contribution < 1.29 is 14.6 Å². The molecule has 0 radical (unpaired) electrons. The molecule has 2 rings (SSSR count). The molecule has 1 aromatic heterocycles. The first-order valence-corrected chi connectivity index (χ1v) is 4.65. The zero-order valence-electron chi connectivity index (χ0n) is 8.83. The predicted molar refractivity (Wildman–Crippen MR) is 65.1 cm³/mol. The van der Waals surface area contributed by atoms with E-state index in [4.69, 9.17) is 9.84 Å². The van der Waals surface area contributed by atoms with Crippen LogP contribution in [0.3, 0.4) is 0 Å². The van der Waals surface area contributed by atoms with Gasteiger partial charge in [-0.25, -0.2) is 14.8 Å². The molecule has 1 aliphatic rings. The summed E-state index contributed by atoms with van der Waals surface area (Å²) in [6.45, 7) is 1.86. The molecule has 2 heterocycles. The minimum absolute atomic E-state index is 0. The molecule has 0 aliphatic carbocycles. The molecule has 1 atom stereocenters. The Kier molecular flexibility index (Phi) is 6.98. The van der Waals surface area contributed by atoms with E-state index in [1.165, 1.54) is 12.3 Å². The molecular weight excluding hydrogens is 269 g/mol. The molecule has 0 amide bonds. The highest BCUT2D eigenvalue weighted by Gasteiger charge is 2.19. The Hall–Kier alpha value is -0.950. The second-order valence-electron chi connectivity index (χ2n) is 3.19. The topological polar surface area (TPSA) is 84.3 Å². The number of morpholine rings is 1. The van der Waals surface area contributed by atoms with Crippen LogP contribution in [0.15, 0.2) is 12.3 Å². The molecule has 1 fully saturated rings. The summed E-state index contributed by atoms with van der Waals surface area (Å²) in [6.07, 6.45) is 1.45. The SMILES string of the molecule is Cl.Cl.O=C(O)c1ccnc(C2COCCN2)n1. The number of halogens is 2. The number of aromatic carboxylic acids is 1. The van der Waals surface area contributed by atoms with Crippen LogP contribution in [0.5, 0.6) is 0 Å². The summed E-state index contributed by atoms with van der Waals surface area (Å²) >= 11 is 0. The Morgan fingerprint density at radius 3 is 2.88 bits per heavy atom. The highest BCUT2D eigenvalue weighted by atomic mass is 35.5. The van der Waals surface area contributed by atoms with Crippen molar-refractivity contribution in [1.82, 2.24) is 15.3 Å². The molecule has 0 bridgehead atoms. The molecule has 0 saturated carbocycles. The van der Waals surface area contributed by atoms with E-state index in [1.54, 1.807) is 0 Å². The number of carboxylic acids is 1. The standard InChI is InChI=1S/C9H11N3O3.2ClH/c13-9(14)6-1-2-11-8(12-6)7-5-15-4-3-10-7;;/h1-2,7,10H,3-5H2,(H,13,14);2*1H. The van der Waals surface area contributed by atoms with Crippen molar-refractivity contribution in [3.63, 3.8) is 0 Å². The van der Waals surface area contributed by atoms with Gasteiger partial charge in [0, 0.05) is 12.7 Å². The molecule has 1 saturated heterocycles. The number of nitrogens with one attached hydrogen (secondary N) is 1. The van der Waals surface area contributed by atoms with Crippen LogP contribution in [-0.4, -0.2) is 40.8 Å². The van der Waals surface area contributed by atoms with Gasteiger partial charge in [0.15, 0.2) is 5.69 Å². The molecule has 1 unspecified atom stereocenters. The molecule has 8 heteroatoms. The highest BCUT2D eigenvalue weighted by Crippen LogP contribution is 2.10. The average molecular weight is 282 g/mol. The third-order valence-corrected chi connectivity index (χ3v) is 2.13. The van der Waals surface area contributed by atoms with Crippen molar-refractivity contribution >= 4 is 30.8 Å². The molecule has 1 aromatic rings. The Morgan fingerprint density at radius 1 is 1.53 bits per heavy atom. The molecule has 96 valence electrons. The van der Waals surface area contributed by atoms with E-state index < -0.39 is 5.97 Å². The lowest BCUT2D eigenvalue weighted by Crippen LogP contribution is -2.35. The largest absolute Gasteiger partial charge is 0.477 e. The number of nitrogens with zero attached hydrogens (tertiary/aromatic N) is 2. The highest BCUT2D eigenvalue weighted by molar-refractivity contribution is 5.85. The van der Waals surface area contributed by atoms with Crippen molar-refractivity contribution in [3.05, 3.63) is 23.8 Å². The number of rotatable bonds is 2. The summed E-state index contributed by atoms with van der Waals surface area (Å²) < 4.78 is 5.25. The molecular formula is C9H13Cl2N3O3. The van der Waals surface area contributed by atoms with E-state index in [0.717, 1.165) is 6.54 Å². The van der Waals surface area contributed by atoms with Crippen molar-refractivity contribution in [2.24, 2.45) is 0 Å².